The number of likely N-dealkylation sites (tertiary alicyclic amines) is 1. The van der Waals surface area contributed by atoms with Gasteiger partial charge in [0.25, 0.3) is 5.91 Å². The highest BCUT2D eigenvalue weighted by Gasteiger charge is 2.46. The third kappa shape index (κ3) is 3.80. The van der Waals surface area contributed by atoms with Crippen molar-refractivity contribution in [2.45, 2.75) is 12.1 Å². The lowest BCUT2D eigenvalue weighted by Gasteiger charge is -2.18. The van der Waals surface area contributed by atoms with Gasteiger partial charge in [-0.15, -0.1) is 0 Å². The molecule has 1 amide bonds. The molecule has 0 aliphatic carbocycles. The maximum Gasteiger partial charge on any atom is 0.343 e. The van der Waals surface area contributed by atoms with Crippen molar-refractivity contribution in [2.24, 2.45) is 0 Å². The molecule has 0 aromatic heterocycles. The quantitative estimate of drug-likeness (QED) is 0.867. The molecule has 1 heterocycles. The van der Waals surface area contributed by atoms with E-state index in [1.807, 2.05) is 36.4 Å². The number of benzene rings is 2. The fourth-order valence-electron chi connectivity index (χ4n) is 2.82. The average molecular weight is 378 g/mol. The summed E-state index contributed by atoms with van der Waals surface area (Å²) in [5.41, 5.74) is -0.468. The van der Waals surface area contributed by atoms with Gasteiger partial charge in [-0.1, -0.05) is 48.0 Å². The first-order valence-corrected chi connectivity index (χ1v) is 8.45. The summed E-state index contributed by atoms with van der Waals surface area (Å²) >= 11 is 6.22. The number of hydrogen-bond acceptors (Lipinski definition) is 3. The van der Waals surface area contributed by atoms with E-state index in [1.54, 1.807) is 12.1 Å². The molecule has 3 rings (SSSR count). The van der Waals surface area contributed by atoms with Gasteiger partial charge in [0, 0.05) is 13.0 Å². The molecule has 0 spiro atoms. The first-order valence-electron chi connectivity index (χ1n) is 8.07. The Bertz CT molecular complexity index is 830. The van der Waals surface area contributed by atoms with Gasteiger partial charge < -0.3 is 14.7 Å². The maximum atomic E-state index is 14.0. The lowest BCUT2D eigenvalue weighted by atomic mass is 10.1. The van der Waals surface area contributed by atoms with Crippen LogP contribution in [-0.2, 0) is 9.59 Å². The molecule has 1 fully saturated rings. The van der Waals surface area contributed by atoms with E-state index in [2.05, 4.69) is 0 Å². The predicted octanol–water partition coefficient (Wildman–Crippen LogP) is 3.41. The fourth-order valence-corrected chi connectivity index (χ4v) is 3.05. The number of rotatable bonds is 5. The molecule has 2 aromatic rings. The number of nitrogens with zero attached hydrogens (tertiary/aromatic N) is 1. The lowest BCUT2D eigenvalue weighted by Crippen LogP contribution is -2.40. The molecular weight excluding hydrogens is 361 g/mol. The molecule has 7 heteroatoms. The molecule has 0 radical (unpaired) electrons. The number of carboxylic acids is 1. The SMILES string of the molecule is O=C(COc1ccc(-c2ccccc2)cc1Cl)N1CCC(F)(C(=O)O)C1. The first-order chi connectivity index (χ1) is 12.4. The van der Waals surface area contributed by atoms with Gasteiger partial charge in [-0.3, -0.25) is 4.79 Å². The highest BCUT2D eigenvalue weighted by Crippen LogP contribution is 2.31. The number of hydrogen-bond donors (Lipinski definition) is 1. The Morgan fingerprint density at radius 3 is 2.54 bits per heavy atom. The van der Waals surface area contributed by atoms with Crippen molar-refractivity contribution in [3.05, 3.63) is 53.6 Å². The van der Waals surface area contributed by atoms with Crippen molar-refractivity contribution in [3.8, 4) is 16.9 Å². The summed E-state index contributed by atoms with van der Waals surface area (Å²) in [5.74, 6) is -1.69. The second kappa shape index (κ2) is 7.33. The predicted molar refractivity (Wildman–Crippen MR) is 95.1 cm³/mol. The summed E-state index contributed by atoms with van der Waals surface area (Å²) in [5, 5.41) is 9.23. The minimum atomic E-state index is -2.38. The smallest absolute Gasteiger partial charge is 0.343 e. The van der Waals surface area contributed by atoms with Crippen LogP contribution >= 0.6 is 11.6 Å². The summed E-state index contributed by atoms with van der Waals surface area (Å²) < 4.78 is 19.5. The van der Waals surface area contributed by atoms with Crippen LogP contribution < -0.4 is 4.74 Å². The lowest BCUT2D eigenvalue weighted by molar-refractivity contribution is -0.150. The van der Waals surface area contributed by atoms with E-state index >= 15 is 0 Å². The summed E-state index contributed by atoms with van der Waals surface area (Å²) in [4.78, 5) is 24.2. The Morgan fingerprint density at radius 1 is 1.19 bits per heavy atom. The van der Waals surface area contributed by atoms with Gasteiger partial charge >= 0.3 is 5.97 Å². The van der Waals surface area contributed by atoms with Crippen molar-refractivity contribution >= 4 is 23.5 Å². The summed E-state index contributed by atoms with van der Waals surface area (Å²) in [6.07, 6.45) is -0.222. The molecule has 1 atom stereocenters. The Hall–Kier alpha value is -2.60. The summed E-state index contributed by atoms with van der Waals surface area (Å²) in [6, 6.07) is 14.9. The molecule has 1 N–H and O–H groups in total. The molecule has 1 aliphatic heterocycles. The Balaban J connectivity index is 1.62. The number of ether oxygens (including phenoxy) is 1. The zero-order chi connectivity index (χ0) is 18.7. The van der Waals surface area contributed by atoms with Gasteiger partial charge in [0.2, 0.25) is 5.67 Å². The van der Waals surface area contributed by atoms with Crippen molar-refractivity contribution in [2.75, 3.05) is 19.7 Å². The van der Waals surface area contributed by atoms with E-state index < -0.39 is 24.1 Å². The van der Waals surface area contributed by atoms with E-state index in [1.165, 1.54) is 0 Å². The van der Waals surface area contributed by atoms with Gasteiger partial charge in [0.15, 0.2) is 6.61 Å². The zero-order valence-electron chi connectivity index (χ0n) is 13.8. The van der Waals surface area contributed by atoms with Crippen molar-refractivity contribution in [3.63, 3.8) is 0 Å². The average Bonchev–Trinajstić information content (AvgIpc) is 3.05. The standard InChI is InChI=1S/C19H17ClFNO4/c20-15-10-14(13-4-2-1-3-5-13)6-7-16(15)26-11-17(23)22-9-8-19(21,12-22)18(24)25/h1-7,10H,8-9,11-12H2,(H,24,25). The Labute approximate surface area is 154 Å². The number of carbonyl (C=O) groups excluding carboxylic acids is 1. The number of amides is 1. The molecule has 2 aromatic carbocycles. The zero-order valence-corrected chi connectivity index (χ0v) is 14.6. The number of halogens is 2. The normalized spacial score (nSPS) is 19.4. The maximum absolute atomic E-state index is 14.0. The molecular formula is C19H17ClFNO4. The molecule has 0 saturated carbocycles. The summed E-state index contributed by atoms with van der Waals surface area (Å²) in [7, 11) is 0. The minimum absolute atomic E-state index is 0.0473. The van der Waals surface area contributed by atoms with Crippen LogP contribution in [0.2, 0.25) is 5.02 Å². The van der Waals surface area contributed by atoms with E-state index in [0.29, 0.717) is 10.8 Å². The highest BCUT2D eigenvalue weighted by molar-refractivity contribution is 6.32. The van der Waals surface area contributed by atoms with E-state index in [4.69, 9.17) is 21.4 Å². The molecule has 0 bridgehead atoms. The van der Waals surface area contributed by atoms with Gasteiger partial charge in [-0.05, 0) is 23.3 Å². The second-order valence-corrected chi connectivity index (χ2v) is 6.54. The largest absolute Gasteiger partial charge is 0.482 e. The van der Waals surface area contributed by atoms with Crippen LogP contribution in [0.3, 0.4) is 0 Å². The monoisotopic (exact) mass is 377 g/mol. The molecule has 1 aliphatic rings. The third-order valence-corrected chi connectivity index (χ3v) is 4.64. The summed E-state index contributed by atoms with van der Waals surface area (Å²) in [6.45, 7) is -0.753. The van der Waals surface area contributed by atoms with Gasteiger partial charge in [0.05, 0.1) is 11.6 Å². The van der Waals surface area contributed by atoms with Crippen LogP contribution in [-0.4, -0.2) is 47.2 Å². The van der Waals surface area contributed by atoms with Crippen LogP contribution in [0.15, 0.2) is 48.5 Å². The van der Waals surface area contributed by atoms with Crippen LogP contribution in [0, 0.1) is 0 Å². The molecule has 136 valence electrons. The van der Waals surface area contributed by atoms with Crippen LogP contribution in [0.25, 0.3) is 11.1 Å². The third-order valence-electron chi connectivity index (χ3n) is 4.35. The van der Waals surface area contributed by atoms with Crippen LogP contribution in [0.4, 0.5) is 4.39 Å². The van der Waals surface area contributed by atoms with Crippen LogP contribution in [0.1, 0.15) is 6.42 Å². The first kappa shape index (κ1) is 18.2. The van der Waals surface area contributed by atoms with E-state index in [9.17, 15) is 14.0 Å². The Morgan fingerprint density at radius 2 is 1.92 bits per heavy atom. The molecule has 1 saturated heterocycles. The van der Waals surface area contributed by atoms with Gasteiger partial charge in [-0.2, -0.15) is 0 Å². The fraction of sp³-hybridized carbons (Fsp3) is 0.263. The van der Waals surface area contributed by atoms with Crippen molar-refractivity contribution in [1.82, 2.24) is 4.90 Å². The topological polar surface area (TPSA) is 66.8 Å². The Kier molecular flexibility index (Phi) is 5.13. The highest BCUT2D eigenvalue weighted by atomic mass is 35.5. The number of carboxylic acid groups (broad SMARTS) is 1. The van der Waals surface area contributed by atoms with Crippen LogP contribution in [0.5, 0.6) is 5.75 Å². The number of carbonyl (C=O) groups is 2. The van der Waals surface area contributed by atoms with Gasteiger partial charge in [-0.25, -0.2) is 9.18 Å². The molecule has 1 unspecified atom stereocenters. The molecule has 5 nitrogen and oxygen atoms in total. The van der Waals surface area contributed by atoms with Crippen molar-refractivity contribution < 1.29 is 23.8 Å². The number of aliphatic carboxylic acids is 1. The number of alkyl halides is 1. The van der Waals surface area contributed by atoms with E-state index in [-0.39, 0.29) is 19.6 Å². The second-order valence-electron chi connectivity index (χ2n) is 6.14. The minimum Gasteiger partial charge on any atom is -0.482 e. The molecule has 26 heavy (non-hydrogen) atoms. The van der Waals surface area contributed by atoms with Crippen molar-refractivity contribution in [1.29, 1.82) is 0 Å². The van der Waals surface area contributed by atoms with E-state index in [0.717, 1.165) is 16.0 Å². The van der Waals surface area contributed by atoms with Gasteiger partial charge in [0.1, 0.15) is 5.75 Å².